The van der Waals surface area contributed by atoms with E-state index in [9.17, 15) is 4.79 Å². The Morgan fingerprint density at radius 1 is 1.09 bits per heavy atom. The number of nitrogens with zero attached hydrogens (tertiary/aromatic N) is 1. The monoisotopic (exact) mass is 328 g/mol. The molecule has 4 heteroatoms. The molecule has 0 spiro atoms. The lowest BCUT2D eigenvalue weighted by atomic mass is 10.1. The van der Waals surface area contributed by atoms with E-state index < -0.39 is 0 Å². The standard InChI is InChI=1S/C19H24N2OS/c1-2-3-5-16-6-8-17(9-7-16)19(22)21-12-4-15-23-18-10-13-20-14-11-18/h6-11,13-14H,2-5,12,15H2,1H3,(H,21,22). The molecular weight excluding hydrogens is 304 g/mol. The Hall–Kier alpha value is -1.81. The highest BCUT2D eigenvalue weighted by Crippen LogP contribution is 2.16. The van der Waals surface area contributed by atoms with Gasteiger partial charge >= 0.3 is 0 Å². The number of carbonyl (C=O) groups is 1. The maximum Gasteiger partial charge on any atom is 0.251 e. The number of unbranched alkanes of at least 4 members (excludes halogenated alkanes) is 1. The molecule has 0 fully saturated rings. The number of amides is 1. The minimum absolute atomic E-state index is 0.0148. The van der Waals surface area contributed by atoms with Crippen molar-refractivity contribution in [2.45, 2.75) is 37.5 Å². The molecule has 0 saturated heterocycles. The quantitative estimate of drug-likeness (QED) is 0.550. The molecule has 0 unspecified atom stereocenters. The molecule has 1 amide bonds. The smallest absolute Gasteiger partial charge is 0.251 e. The van der Waals surface area contributed by atoms with Crippen molar-refractivity contribution in [3.05, 3.63) is 59.9 Å². The topological polar surface area (TPSA) is 42.0 Å². The normalized spacial score (nSPS) is 10.5. The number of carbonyl (C=O) groups excluding carboxylic acids is 1. The highest BCUT2D eigenvalue weighted by Gasteiger charge is 2.04. The van der Waals surface area contributed by atoms with E-state index >= 15 is 0 Å². The van der Waals surface area contributed by atoms with Gasteiger partial charge in [-0.2, -0.15) is 0 Å². The Balaban J connectivity index is 1.66. The number of nitrogens with one attached hydrogen (secondary N) is 1. The Labute approximate surface area is 142 Å². The van der Waals surface area contributed by atoms with E-state index in [-0.39, 0.29) is 5.91 Å². The third-order valence-corrected chi connectivity index (χ3v) is 4.66. The van der Waals surface area contributed by atoms with Crippen LogP contribution in [0.25, 0.3) is 0 Å². The maximum absolute atomic E-state index is 12.1. The zero-order valence-corrected chi connectivity index (χ0v) is 14.4. The lowest BCUT2D eigenvalue weighted by molar-refractivity contribution is 0.0954. The first-order valence-corrected chi connectivity index (χ1v) is 9.18. The second kappa shape index (κ2) is 10.1. The maximum atomic E-state index is 12.1. The molecule has 0 aliphatic carbocycles. The highest BCUT2D eigenvalue weighted by atomic mass is 32.2. The van der Waals surface area contributed by atoms with Gasteiger partial charge in [-0.15, -0.1) is 11.8 Å². The minimum atomic E-state index is 0.0148. The van der Waals surface area contributed by atoms with Crippen molar-refractivity contribution >= 4 is 17.7 Å². The Morgan fingerprint density at radius 2 is 1.83 bits per heavy atom. The molecule has 2 aromatic rings. The van der Waals surface area contributed by atoms with Crippen LogP contribution in [0.15, 0.2) is 53.7 Å². The first-order chi connectivity index (χ1) is 11.3. The van der Waals surface area contributed by atoms with Gasteiger partial charge in [0.2, 0.25) is 0 Å². The molecule has 0 aliphatic heterocycles. The van der Waals surface area contributed by atoms with Gasteiger partial charge in [-0.1, -0.05) is 25.5 Å². The second-order valence-electron chi connectivity index (χ2n) is 5.44. The van der Waals surface area contributed by atoms with E-state index in [1.807, 2.05) is 24.3 Å². The van der Waals surface area contributed by atoms with E-state index in [4.69, 9.17) is 0 Å². The average molecular weight is 328 g/mol. The summed E-state index contributed by atoms with van der Waals surface area (Å²) < 4.78 is 0. The highest BCUT2D eigenvalue weighted by molar-refractivity contribution is 7.99. The van der Waals surface area contributed by atoms with Gasteiger partial charge in [-0.05, 0) is 54.8 Å². The lowest BCUT2D eigenvalue weighted by Gasteiger charge is -2.06. The lowest BCUT2D eigenvalue weighted by Crippen LogP contribution is -2.24. The van der Waals surface area contributed by atoms with Crippen LogP contribution >= 0.6 is 11.8 Å². The number of pyridine rings is 1. The Bertz CT molecular complexity index is 584. The van der Waals surface area contributed by atoms with E-state index in [0.29, 0.717) is 6.54 Å². The second-order valence-corrected chi connectivity index (χ2v) is 6.61. The van der Waals surface area contributed by atoms with Crippen molar-refractivity contribution in [1.82, 2.24) is 10.3 Å². The summed E-state index contributed by atoms with van der Waals surface area (Å²) in [6, 6.07) is 12.0. The van der Waals surface area contributed by atoms with Crippen LogP contribution < -0.4 is 5.32 Å². The third kappa shape index (κ3) is 6.45. The Kier molecular flexibility index (Phi) is 7.67. The fourth-order valence-electron chi connectivity index (χ4n) is 2.20. The van der Waals surface area contributed by atoms with E-state index in [2.05, 4.69) is 29.4 Å². The van der Waals surface area contributed by atoms with Gasteiger partial charge in [-0.25, -0.2) is 0 Å². The van der Waals surface area contributed by atoms with Gasteiger partial charge in [0.05, 0.1) is 0 Å². The largest absolute Gasteiger partial charge is 0.352 e. The van der Waals surface area contributed by atoms with Crippen molar-refractivity contribution in [3.63, 3.8) is 0 Å². The third-order valence-electron chi connectivity index (χ3n) is 3.56. The number of thioether (sulfide) groups is 1. The fraction of sp³-hybridized carbons (Fsp3) is 0.368. The predicted octanol–water partition coefficient (Wildman–Crippen LogP) is 4.34. The SMILES string of the molecule is CCCCc1ccc(C(=O)NCCCSc2ccncc2)cc1. The number of benzene rings is 1. The van der Waals surface area contributed by atoms with Gasteiger partial charge in [0.25, 0.3) is 5.91 Å². The van der Waals surface area contributed by atoms with E-state index in [1.54, 1.807) is 24.2 Å². The van der Waals surface area contributed by atoms with Crippen molar-refractivity contribution < 1.29 is 4.79 Å². The number of aromatic nitrogens is 1. The van der Waals surface area contributed by atoms with Crippen LogP contribution in [0.2, 0.25) is 0 Å². The molecule has 0 bridgehead atoms. The summed E-state index contributed by atoms with van der Waals surface area (Å²) in [4.78, 5) is 17.3. The summed E-state index contributed by atoms with van der Waals surface area (Å²) in [6.07, 6.45) is 8.03. The van der Waals surface area contributed by atoms with Crippen LogP contribution in [0.4, 0.5) is 0 Å². The summed E-state index contributed by atoms with van der Waals surface area (Å²) in [5, 5.41) is 2.98. The van der Waals surface area contributed by atoms with Crippen LogP contribution in [-0.2, 0) is 6.42 Å². The molecule has 23 heavy (non-hydrogen) atoms. The molecule has 1 aromatic heterocycles. The van der Waals surface area contributed by atoms with Gasteiger partial charge < -0.3 is 5.32 Å². The minimum Gasteiger partial charge on any atom is -0.352 e. The van der Waals surface area contributed by atoms with Crippen molar-refractivity contribution in [2.75, 3.05) is 12.3 Å². The summed E-state index contributed by atoms with van der Waals surface area (Å²) >= 11 is 1.79. The summed E-state index contributed by atoms with van der Waals surface area (Å²) in [6.45, 7) is 2.89. The molecule has 0 saturated carbocycles. The average Bonchev–Trinajstić information content (AvgIpc) is 2.61. The first kappa shape index (κ1) is 17.5. The predicted molar refractivity (Wildman–Crippen MR) is 97.0 cm³/mol. The van der Waals surface area contributed by atoms with Gasteiger partial charge in [0.1, 0.15) is 0 Å². The summed E-state index contributed by atoms with van der Waals surface area (Å²) in [5.74, 6) is 1.00. The molecule has 3 nitrogen and oxygen atoms in total. The first-order valence-electron chi connectivity index (χ1n) is 8.19. The molecule has 0 atom stereocenters. The molecule has 2 rings (SSSR count). The van der Waals surface area contributed by atoms with Gasteiger partial charge in [0, 0.05) is 29.4 Å². The summed E-state index contributed by atoms with van der Waals surface area (Å²) in [5.41, 5.74) is 2.05. The molecule has 1 aromatic carbocycles. The molecule has 1 heterocycles. The van der Waals surface area contributed by atoms with Crippen LogP contribution in [0.3, 0.4) is 0 Å². The van der Waals surface area contributed by atoms with Crippen LogP contribution in [0, 0.1) is 0 Å². The molecular formula is C19H24N2OS. The number of hydrogen-bond acceptors (Lipinski definition) is 3. The van der Waals surface area contributed by atoms with Crippen molar-refractivity contribution in [1.29, 1.82) is 0 Å². The molecule has 0 aliphatic rings. The van der Waals surface area contributed by atoms with Crippen LogP contribution in [-0.4, -0.2) is 23.2 Å². The number of hydrogen-bond donors (Lipinski definition) is 1. The van der Waals surface area contributed by atoms with Crippen molar-refractivity contribution in [3.8, 4) is 0 Å². The van der Waals surface area contributed by atoms with Crippen LogP contribution in [0.1, 0.15) is 42.1 Å². The van der Waals surface area contributed by atoms with Gasteiger partial charge in [-0.3, -0.25) is 9.78 Å². The zero-order chi connectivity index (χ0) is 16.3. The van der Waals surface area contributed by atoms with Crippen LogP contribution in [0.5, 0.6) is 0 Å². The van der Waals surface area contributed by atoms with Gasteiger partial charge in [0.15, 0.2) is 0 Å². The zero-order valence-electron chi connectivity index (χ0n) is 13.6. The summed E-state index contributed by atoms with van der Waals surface area (Å²) in [7, 11) is 0. The molecule has 0 radical (unpaired) electrons. The molecule has 1 N–H and O–H groups in total. The Morgan fingerprint density at radius 3 is 2.52 bits per heavy atom. The molecule has 122 valence electrons. The van der Waals surface area contributed by atoms with E-state index in [0.717, 1.165) is 24.2 Å². The van der Waals surface area contributed by atoms with Crippen molar-refractivity contribution in [2.24, 2.45) is 0 Å². The fourth-order valence-corrected chi connectivity index (χ4v) is 3.04. The number of aryl methyl sites for hydroxylation is 1. The van der Waals surface area contributed by atoms with E-state index in [1.165, 1.54) is 23.3 Å². The number of rotatable bonds is 9.